The van der Waals surface area contributed by atoms with Crippen molar-refractivity contribution < 1.29 is 18.3 Å². The molecule has 0 saturated carbocycles. The van der Waals surface area contributed by atoms with E-state index in [1.165, 1.54) is 18.5 Å². The highest BCUT2D eigenvalue weighted by Gasteiger charge is 2.40. The van der Waals surface area contributed by atoms with Gasteiger partial charge >= 0.3 is 0 Å². The summed E-state index contributed by atoms with van der Waals surface area (Å²) in [6, 6.07) is 5.20. The Morgan fingerprint density at radius 2 is 2.04 bits per heavy atom. The Labute approximate surface area is 162 Å². The molecule has 28 heavy (non-hydrogen) atoms. The number of anilines is 1. The molecular formula is C20H22F2N4O2. The minimum absolute atomic E-state index is 0.0589. The van der Waals surface area contributed by atoms with Gasteiger partial charge < -0.3 is 14.5 Å². The number of ether oxygens (including phenoxy) is 1. The molecule has 2 unspecified atom stereocenters. The summed E-state index contributed by atoms with van der Waals surface area (Å²) in [5.41, 5.74) is 0.225. The topological polar surface area (TPSA) is 58.6 Å². The van der Waals surface area contributed by atoms with E-state index in [0.717, 1.165) is 31.3 Å². The van der Waals surface area contributed by atoms with Crippen molar-refractivity contribution in [3.8, 4) is 5.88 Å². The van der Waals surface area contributed by atoms with Crippen molar-refractivity contribution in [1.82, 2.24) is 14.9 Å². The van der Waals surface area contributed by atoms with E-state index in [1.807, 2.05) is 4.90 Å². The Morgan fingerprint density at radius 1 is 1.21 bits per heavy atom. The molecule has 8 heteroatoms. The van der Waals surface area contributed by atoms with Gasteiger partial charge in [-0.05, 0) is 30.4 Å². The van der Waals surface area contributed by atoms with Gasteiger partial charge in [-0.3, -0.25) is 4.79 Å². The summed E-state index contributed by atoms with van der Waals surface area (Å²) in [6.45, 7) is 2.19. The normalized spacial score (nSPS) is 21.5. The van der Waals surface area contributed by atoms with Crippen LogP contribution in [0.5, 0.6) is 5.88 Å². The molecule has 3 heterocycles. The minimum atomic E-state index is -0.678. The predicted octanol–water partition coefficient (Wildman–Crippen LogP) is 2.43. The summed E-state index contributed by atoms with van der Waals surface area (Å²) in [5, 5.41) is 0. The van der Waals surface area contributed by atoms with Crippen molar-refractivity contribution >= 4 is 11.7 Å². The number of rotatable bonds is 4. The third-order valence-corrected chi connectivity index (χ3v) is 5.70. The fraction of sp³-hybridized carbons (Fsp3) is 0.450. The molecule has 148 valence electrons. The first-order valence-electron chi connectivity index (χ1n) is 9.39. The number of nitrogens with zero attached hydrogens (tertiary/aromatic N) is 4. The van der Waals surface area contributed by atoms with E-state index >= 15 is 0 Å². The van der Waals surface area contributed by atoms with Crippen LogP contribution in [0.3, 0.4) is 0 Å². The molecule has 0 N–H and O–H groups in total. The van der Waals surface area contributed by atoms with Gasteiger partial charge in [-0.25, -0.2) is 18.7 Å². The average molecular weight is 388 g/mol. The molecule has 0 radical (unpaired) electrons. The maximum absolute atomic E-state index is 13.9. The summed E-state index contributed by atoms with van der Waals surface area (Å²) in [6.07, 6.45) is 3.32. The number of fused-ring (bicyclic) bond motifs is 1. The molecular weight excluding hydrogens is 366 g/mol. The van der Waals surface area contributed by atoms with Gasteiger partial charge in [0.25, 0.3) is 0 Å². The maximum atomic E-state index is 13.9. The van der Waals surface area contributed by atoms with E-state index in [0.29, 0.717) is 24.9 Å². The van der Waals surface area contributed by atoms with Crippen molar-refractivity contribution in [2.24, 2.45) is 5.92 Å². The molecule has 2 aliphatic rings. The fourth-order valence-electron chi connectivity index (χ4n) is 4.20. The monoisotopic (exact) mass is 388 g/mol. The van der Waals surface area contributed by atoms with Crippen LogP contribution in [0.15, 0.2) is 30.6 Å². The van der Waals surface area contributed by atoms with E-state index in [4.69, 9.17) is 4.74 Å². The van der Waals surface area contributed by atoms with Crippen LogP contribution in [0, 0.1) is 17.6 Å². The number of benzene rings is 1. The molecule has 2 aliphatic heterocycles. The van der Waals surface area contributed by atoms with Crippen LogP contribution >= 0.6 is 0 Å². The van der Waals surface area contributed by atoms with Crippen molar-refractivity contribution in [1.29, 1.82) is 0 Å². The zero-order valence-electron chi connectivity index (χ0n) is 15.6. The molecule has 2 fully saturated rings. The van der Waals surface area contributed by atoms with Crippen molar-refractivity contribution in [2.45, 2.75) is 25.3 Å². The van der Waals surface area contributed by atoms with Gasteiger partial charge in [0.1, 0.15) is 23.8 Å². The van der Waals surface area contributed by atoms with Crippen molar-refractivity contribution in [2.75, 3.05) is 31.6 Å². The lowest BCUT2D eigenvalue weighted by Crippen LogP contribution is -2.50. The summed E-state index contributed by atoms with van der Waals surface area (Å²) in [4.78, 5) is 25.2. The van der Waals surface area contributed by atoms with Crippen LogP contribution in [-0.2, 0) is 11.2 Å². The average Bonchev–Trinajstić information content (AvgIpc) is 3.13. The molecule has 1 aromatic heterocycles. The zero-order valence-corrected chi connectivity index (χ0v) is 15.6. The number of hydrogen-bond donors (Lipinski definition) is 0. The molecule has 2 saturated heterocycles. The fourth-order valence-corrected chi connectivity index (χ4v) is 4.20. The van der Waals surface area contributed by atoms with Crippen LogP contribution in [0.1, 0.15) is 18.4 Å². The van der Waals surface area contributed by atoms with Crippen LogP contribution in [0.2, 0.25) is 0 Å². The Hall–Kier alpha value is -2.77. The molecule has 2 atom stereocenters. The standard InChI is InChI=1S/C20H22F2N4O2/c1-28-19-10-18(23-12-24-19)25-6-4-13-5-7-26(17(13)11-25)20(27)8-14-2-3-15(21)9-16(14)22/h2-3,9-10,12-13,17H,4-8,11H2,1H3. The highest BCUT2D eigenvalue weighted by molar-refractivity contribution is 5.79. The Balaban J connectivity index is 1.48. The maximum Gasteiger partial charge on any atom is 0.227 e. The van der Waals surface area contributed by atoms with Gasteiger partial charge in [0.05, 0.1) is 19.6 Å². The lowest BCUT2D eigenvalue weighted by Gasteiger charge is -2.39. The first-order chi connectivity index (χ1) is 13.5. The van der Waals surface area contributed by atoms with E-state index in [9.17, 15) is 13.6 Å². The summed E-state index contributed by atoms with van der Waals surface area (Å²) < 4.78 is 32.2. The molecule has 2 aromatic rings. The summed E-state index contributed by atoms with van der Waals surface area (Å²) >= 11 is 0. The van der Waals surface area contributed by atoms with Crippen molar-refractivity contribution in [3.63, 3.8) is 0 Å². The van der Waals surface area contributed by atoms with Crippen molar-refractivity contribution in [3.05, 3.63) is 47.8 Å². The smallest absolute Gasteiger partial charge is 0.227 e. The van der Waals surface area contributed by atoms with E-state index in [-0.39, 0.29) is 23.9 Å². The van der Waals surface area contributed by atoms with Gasteiger partial charge in [0.15, 0.2) is 0 Å². The Kier molecular flexibility index (Phi) is 5.11. The third-order valence-electron chi connectivity index (χ3n) is 5.70. The highest BCUT2D eigenvalue weighted by Crippen LogP contribution is 2.34. The molecule has 0 spiro atoms. The molecule has 0 bridgehead atoms. The SMILES string of the molecule is COc1cc(N2CCC3CCN(C(=O)Cc4ccc(F)cc4F)C3C2)ncn1. The van der Waals surface area contributed by atoms with Crippen LogP contribution < -0.4 is 9.64 Å². The highest BCUT2D eigenvalue weighted by atomic mass is 19.1. The largest absolute Gasteiger partial charge is 0.481 e. The second kappa shape index (κ2) is 7.69. The number of carbonyl (C=O) groups is 1. The van der Waals surface area contributed by atoms with E-state index in [2.05, 4.69) is 14.9 Å². The van der Waals surface area contributed by atoms with Crippen LogP contribution in [0.25, 0.3) is 0 Å². The van der Waals surface area contributed by atoms with Gasteiger partial charge in [-0.1, -0.05) is 6.07 Å². The Bertz CT molecular complexity index is 879. The number of carbonyl (C=O) groups excluding carboxylic acids is 1. The van der Waals surface area contributed by atoms with Gasteiger partial charge in [0, 0.05) is 31.8 Å². The number of halogens is 2. The number of likely N-dealkylation sites (tertiary alicyclic amines) is 1. The quantitative estimate of drug-likeness (QED) is 0.805. The van der Waals surface area contributed by atoms with Gasteiger partial charge in [-0.15, -0.1) is 0 Å². The molecule has 1 amide bonds. The lowest BCUT2D eigenvalue weighted by atomic mass is 9.92. The summed E-state index contributed by atoms with van der Waals surface area (Å²) in [5.74, 6) is 0.259. The second-order valence-electron chi connectivity index (χ2n) is 7.27. The van der Waals surface area contributed by atoms with Crippen LogP contribution in [0.4, 0.5) is 14.6 Å². The number of aromatic nitrogens is 2. The molecule has 4 rings (SSSR count). The number of amides is 1. The van der Waals surface area contributed by atoms with E-state index in [1.54, 1.807) is 13.2 Å². The van der Waals surface area contributed by atoms with Gasteiger partial charge in [0.2, 0.25) is 11.8 Å². The predicted molar refractivity (Wildman–Crippen MR) is 99.1 cm³/mol. The molecule has 1 aromatic carbocycles. The molecule has 6 nitrogen and oxygen atoms in total. The third kappa shape index (κ3) is 3.63. The number of hydrogen-bond acceptors (Lipinski definition) is 5. The first kappa shape index (κ1) is 18.6. The number of piperidine rings is 1. The van der Waals surface area contributed by atoms with E-state index < -0.39 is 11.6 Å². The minimum Gasteiger partial charge on any atom is -0.481 e. The second-order valence-corrected chi connectivity index (χ2v) is 7.27. The number of methoxy groups -OCH3 is 1. The summed E-state index contributed by atoms with van der Waals surface area (Å²) in [7, 11) is 1.56. The zero-order chi connectivity index (χ0) is 19.7. The van der Waals surface area contributed by atoms with Gasteiger partial charge in [-0.2, -0.15) is 0 Å². The first-order valence-corrected chi connectivity index (χ1v) is 9.39. The lowest BCUT2D eigenvalue weighted by molar-refractivity contribution is -0.131. The Morgan fingerprint density at radius 3 is 2.82 bits per heavy atom. The molecule has 0 aliphatic carbocycles. The van der Waals surface area contributed by atoms with Crippen LogP contribution in [-0.4, -0.2) is 53.6 Å².